The number of rotatable bonds is 4. The molecule has 0 aliphatic heterocycles. The van der Waals surface area contributed by atoms with Gasteiger partial charge in [-0.05, 0) is 34.0 Å². The quantitative estimate of drug-likeness (QED) is 0.194. The molecular weight excluding hydrogens is 605 g/mol. The zero-order valence-electron chi connectivity index (χ0n) is 25.7. The molecule has 3 aromatic heterocycles. The lowest BCUT2D eigenvalue weighted by Crippen LogP contribution is -2.06. The van der Waals surface area contributed by atoms with Crippen LogP contribution < -0.4 is 0 Å². The highest BCUT2D eigenvalue weighted by molar-refractivity contribution is 7.26. The Balaban J connectivity index is 1.28. The second kappa shape index (κ2) is 10.7. The van der Waals surface area contributed by atoms with Crippen LogP contribution in [0.1, 0.15) is 0 Å². The number of fused-ring (bicyclic) bond motifs is 9. The summed E-state index contributed by atoms with van der Waals surface area (Å²) in [4.78, 5) is 15.5. The fourth-order valence-electron chi connectivity index (χ4n) is 7.00. The molecule has 0 unspecified atom stereocenters. The van der Waals surface area contributed by atoms with Crippen molar-refractivity contribution < 1.29 is 0 Å². The van der Waals surface area contributed by atoms with E-state index in [1.807, 2.05) is 35.6 Å². The molecule has 0 radical (unpaired) electrons. The lowest BCUT2D eigenvalue weighted by Gasteiger charge is -2.12. The summed E-state index contributed by atoms with van der Waals surface area (Å²) >= 11 is 1.85. The standard InChI is InChI=1S/C43H26N4S/c1-3-11-27(12-4-1)28-19-21-31(22-20-28)42-44-41(30-14-5-2-6-15-30)45-43(46-42)47-36-18-10-9-17-33(36)34-25-26-37-38(39(34)47)35-24-23-29-13-7-8-16-32(29)40(35)48-37/h1-26H. The van der Waals surface area contributed by atoms with Gasteiger partial charge in [0.05, 0.1) is 11.0 Å². The fourth-order valence-corrected chi connectivity index (χ4v) is 8.25. The van der Waals surface area contributed by atoms with Crippen LogP contribution in [-0.2, 0) is 0 Å². The van der Waals surface area contributed by atoms with E-state index >= 15 is 0 Å². The van der Waals surface area contributed by atoms with E-state index in [4.69, 9.17) is 15.0 Å². The van der Waals surface area contributed by atoms with Crippen molar-refractivity contribution in [1.29, 1.82) is 0 Å². The highest BCUT2D eigenvalue weighted by Gasteiger charge is 2.21. The van der Waals surface area contributed by atoms with Crippen molar-refractivity contribution in [3.05, 3.63) is 158 Å². The smallest absolute Gasteiger partial charge is 0.238 e. The lowest BCUT2D eigenvalue weighted by molar-refractivity contribution is 0.955. The average Bonchev–Trinajstić information content (AvgIpc) is 3.72. The first kappa shape index (κ1) is 27.0. The maximum absolute atomic E-state index is 5.24. The van der Waals surface area contributed by atoms with E-state index in [1.54, 1.807) is 0 Å². The first-order chi connectivity index (χ1) is 23.8. The second-order valence-corrected chi connectivity index (χ2v) is 13.1. The number of hydrogen-bond donors (Lipinski definition) is 0. The Morgan fingerprint density at radius 1 is 0.417 bits per heavy atom. The van der Waals surface area contributed by atoms with Gasteiger partial charge in [0, 0.05) is 42.1 Å². The highest BCUT2D eigenvalue weighted by atomic mass is 32.1. The first-order valence-corrected chi connectivity index (χ1v) is 16.9. The van der Waals surface area contributed by atoms with Gasteiger partial charge in [-0.15, -0.1) is 11.3 Å². The normalized spacial score (nSPS) is 11.8. The predicted octanol–water partition coefficient (Wildman–Crippen LogP) is 11.5. The average molecular weight is 631 g/mol. The van der Waals surface area contributed by atoms with Gasteiger partial charge in [-0.1, -0.05) is 146 Å². The van der Waals surface area contributed by atoms with E-state index in [2.05, 4.69) is 138 Å². The van der Waals surface area contributed by atoms with Crippen LogP contribution >= 0.6 is 11.3 Å². The van der Waals surface area contributed by atoms with Gasteiger partial charge in [0.15, 0.2) is 11.6 Å². The SMILES string of the molecule is c1ccc(-c2ccc(-c3nc(-c4ccccc4)nc(-n4c5ccccc5c5ccc6sc7c8ccccc8ccc7c6c54)n3)cc2)cc1. The summed E-state index contributed by atoms with van der Waals surface area (Å²) in [6, 6.07) is 55.4. The van der Waals surface area contributed by atoms with Crippen molar-refractivity contribution in [1.82, 2.24) is 19.5 Å². The van der Waals surface area contributed by atoms with Crippen LogP contribution in [0.3, 0.4) is 0 Å². The molecule has 0 amide bonds. The summed E-state index contributed by atoms with van der Waals surface area (Å²) in [5.74, 6) is 1.88. The summed E-state index contributed by atoms with van der Waals surface area (Å²) in [5, 5.41) is 7.36. The second-order valence-electron chi connectivity index (χ2n) is 12.0. The molecule has 0 aliphatic carbocycles. The van der Waals surface area contributed by atoms with E-state index in [0.29, 0.717) is 17.6 Å². The summed E-state index contributed by atoms with van der Waals surface area (Å²) in [6.07, 6.45) is 0. The molecule has 0 bridgehead atoms. The van der Waals surface area contributed by atoms with E-state index in [0.717, 1.165) is 27.7 Å². The molecular formula is C43H26N4S. The van der Waals surface area contributed by atoms with Gasteiger partial charge in [0.25, 0.3) is 0 Å². The molecule has 0 N–H and O–H groups in total. The van der Waals surface area contributed by atoms with Crippen molar-refractivity contribution in [3.8, 4) is 39.9 Å². The number of thiophene rings is 1. The third kappa shape index (κ3) is 4.18. The highest BCUT2D eigenvalue weighted by Crippen LogP contribution is 2.44. The fraction of sp³-hybridized carbons (Fsp3) is 0. The topological polar surface area (TPSA) is 43.6 Å². The number of benzene rings is 7. The minimum atomic E-state index is 0.602. The number of aromatic nitrogens is 4. The van der Waals surface area contributed by atoms with E-state index in [-0.39, 0.29) is 0 Å². The van der Waals surface area contributed by atoms with Crippen molar-refractivity contribution >= 4 is 64.1 Å². The molecule has 0 saturated heterocycles. The molecule has 0 spiro atoms. The molecule has 0 saturated carbocycles. The predicted molar refractivity (Wildman–Crippen MR) is 201 cm³/mol. The van der Waals surface area contributed by atoms with Crippen LogP contribution in [0, 0.1) is 0 Å². The maximum atomic E-state index is 5.24. The van der Waals surface area contributed by atoms with Crippen LogP contribution in [0.2, 0.25) is 0 Å². The minimum absolute atomic E-state index is 0.602. The molecule has 3 heterocycles. The Labute approximate surface area is 280 Å². The third-order valence-electron chi connectivity index (χ3n) is 9.27. The molecule has 10 rings (SSSR count). The molecule has 0 atom stereocenters. The van der Waals surface area contributed by atoms with E-state index in [1.165, 1.54) is 47.3 Å². The maximum Gasteiger partial charge on any atom is 0.238 e. The van der Waals surface area contributed by atoms with Crippen LogP contribution in [0.25, 0.3) is 92.6 Å². The Kier molecular flexibility index (Phi) is 6.01. The Hall–Kier alpha value is -6.17. The molecule has 0 fully saturated rings. The minimum Gasteiger partial charge on any atom is -0.277 e. The van der Waals surface area contributed by atoms with Crippen LogP contribution in [-0.4, -0.2) is 19.5 Å². The van der Waals surface area contributed by atoms with Gasteiger partial charge in [0.1, 0.15) is 0 Å². The van der Waals surface area contributed by atoms with E-state index in [9.17, 15) is 0 Å². The Morgan fingerprint density at radius 3 is 1.77 bits per heavy atom. The van der Waals surface area contributed by atoms with Gasteiger partial charge in [-0.25, -0.2) is 4.98 Å². The molecule has 5 heteroatoms. The molecule has 224 valence electrons. The summed E-state index contributed by atoms with van der Waals surface area (Å²) in [6.45, 7) is 0. The van der Waals surface area contributed by atoms with Crippen LogP contribution in [0.15, 0.2) is 158 Å². The summed E-state index contributed by atoms with van der Waals surface area (Å²) < 4.78 is 4.80. The van der Waals surface area contributed by atoms with Gasteiger partial charge in [0.2, 0.25) is 5.95 Å². The number of hydrogen-bond acceptors (Lipinski definition) is 4. The number of para-hydroxylation sites is 1. The van der Waals surface area contributed by atoms with Crippen LogP contribution in [0.5, 0.6) is 0 Å². The largest absolute Gasteiger partial charge is 0.277 e. The van der Waals surface area contributed by atoms with Gasteiger partial charge in [-0.2, -0.15) is 9.97 Å². The van der Waals surface area contributed by atoms with Gasteiger partial charge >= 0.3 is 0 Å². The van der Waals surface area contributed by atoms with Crippen molar-refractivity contribution in [2.75, 3.05) is 0 Å². The zero-order chi connectivity index (χ0) is 31.6. The van der Waals surface area contributed by atoms with Crippen molar-refractivity contribution in [2.24, 2.45) is 0 Å². The van der Waals surface area contributed by atoms with Gasteiger partial charge in [-0.3, -0.25) is 4.57 Å². The molecule has 4 nitrogen and oxygen atoms in total. The summed E-state index contributed by atoms with van der Waals surface area (Å²) in [7, 11) is 0. The van der Waals surface area contributed by atoms with Crippen molar-refractivity contribution in [3.63, 3.8) is 0 Å². The number of nitrogens with zero attached hydrogens (tertiary/aromatic N) is 4. The lowest BCUT2D eigenvalue weighted by atomic mass is 10.0. The molecule has 48 heavy (non-hydrogen) atoms. The Morgan fingerprint density at radius 2 is 1.00 bits per heavy atom. The van der Waals surface area contributed by atoms with Crippen molar-refractivity contribution in [2.45, 2.75) is 0 Å². The summed E-state index contributed by atoms with van der Waals surface area (Å²) in [5.41, 5.74) is 6.39. The first-order valence-electron chi connectivity index (χ1n) is 16.0. The van der Waals surface area contributed by atoms with Crippen LogP contribution in [0.4, 0.5) is 0 Å². The van der Waals surface area contributed by atoms with E-state index < -0.39 is 0 Å². The Bertz CT molecular complexity index is 2820. The molecule has 7 aromatic carbocycles. The third-order valence-corrected chi connectivity index (χ3v) is 10.5. The zero-order valence-corrected chi connectivity index (χ0v) is 26.5. The van der Waals surface area contributed by atoms with Gasteiger partial charge < -0.3 is 0 Å². The monoisotopic (exact) mass is 630 g/mol. The molecule has 0 aliphatic rings. The molecule has 10 aromatic rings.